The van der Waals surface area contributed by atoms with Crippen molar-refractivity contribution in [2.24, 2.45) is 0 Å². The van der Waals surface area contributed by atoms with Gasteiger partial charge in [0.05, 0.1) is 39.1 Å². The van der Waals surface area contributed by atoms with Gasteiger partial charge >= 0.3 is 0 Å². The summed E-state index contributed by atoms with van der Waals surface area (Å²) in [7, 11) is 1.61. The van der Waals surface area contributed by atoms with E-state index in [1.54, 1.807) is 7.11 Å². The molecule has 2 aromatic carbocycles. The van der Waals surface area contributed by atoms with E-state index >= 15 is 0 Å². The molecule has 0 saturated carbocycles. The van der Waals surface area contributed by atoms with E-state index in [2.05, 4.69) is 21.2 Å². The summed E-state index contributed by atoms with van der Waals surface area (Å²) >= 11 is 0. The van der Waals surface area contributed by atoms with Gasteiger partial charge in [0, 0.05) is 29.1 Å². The van der Waals surface area contributed by atoms with Crippen LogP contribution in [0.4, 0.5) is 11.5 Å². The highest BCUT2D eigenvalue weighted by atomic mass is 16.6. The predicted octanol–water partition coefficient (Wildman–Crippen LogP) is 3.55. The van der Waals surface area contributed by atoms with Crippen molar-refractivity contribution in [3.8, 4) is 23.8 Å². The Labute approximate surface area is 175 Å². The first-order chi connectivity index (χ1) is 14.8. The Morgan fingerprint density at radius 2 is 2.07 bits per heavy atom. The van der Waals surface area contributed by atoms with Gasteiger partial charge < -0.3 is 24.3 Å². The van der Waals surface area contributed by atoms with Gasteiger partial charge in [-0.15, -0.1) is 6.42 Å². The topological polar surface area (TPSA) is 74.7 Å². The second-order valence-electron chi connectivity index (χ2n) is 6.82. The molecule has 0 unspecified atom stereocenters. The standard InChI is InChI=1S/C23H23N3O4/c1-3-16-6-4-7-17(10-16)26-23-19-11-22(21(27-2)12-20(19)24-15-25-23)30-9-5-8-29-18-13-28-14-18/h1,4,6-7,10-12,15,18H,5,8-9,13-14H2,2H3,(H,24,25,26). The molecule has 1 aromatic heterocycles. The molecule has 0 spiro atoms. The molecule has 0 bridgehead atoms. The normalized spacial score (nSPS) is 13.5. The minimum absolute atomic E-state index is 0.221. The van der Waals surface area contributed by atoms with E-state index in [-0.39, 0.29) is 6.10 Å². The molecule has 1 N–H and O–H groups in total. The summed E-state index contributed by atoms with van der Waals surface area (Å²) in [4.78, 5) is 8.76. The van der Waals surface area contributed by atoms with E-state index in [9.17, 15) is 0 Å². The van der Waals surface area contributed by atoms with Gasteiger partial charge in [0.25, 0.3) is 0 Å². The molecule has 7 nitrogen and oxygen atoms in total. The molecule has 0 aliphatic carbocycles. The van der Waals surface area contributed by atoms with E-state index in [0.717, 1.165) is 28.6 Å². The zero-order valence-electron chi connectivity index (χ0n) is 16.8. The quantitative estimate of drug-likeness (QED) is 0.431. The summed E-state index contributed by atoms with van der Waals surface area (Å²) in [6.07, 6.45) is 8.00. The second kappa shape index (κ2) is 9.44. The number of hydrogen-bond acceptors (Lipinski definition) is 7. The third kappa shape index (κ3) is 4.62. The van der Waals surface area contributed by atoms with Crippen LogP contribution in [0.5, 0.6) is 11.5 Å². The van der Waals surface area contributed by atoms with Crippen LogP contribution in [0.25, 0.3) is 10.9 Å². The summed E-state index contributed by atoms with van der Waals surface area (Å²) < 4.78 is 22.2. The number of methoxy groups -OCH3 is 1. The number of benzene rings is 2. The summed E-state index contributed by atoms with van der Waals surface area (Å²) in [6, 6.07) is 11.3. The van der Waals surface area contributed by atoms with Crippen molar-refractivity contribution in [3.05, 3.63) is 48.3 Å². The third-order valence-corrected chi connectivity index (χ3v) is 4.72. The number of nitrogens with one attached hydrogen (secondary N) is 1. The lowest BCUT2D eigenvalue weighted by molar-refractivity contribution is -0.130. The van der Waals surface area contributed by atoms with Crippen LogP contribution in [-0.4, -0.2) is 49.6 Å². The minimum Gasteiger partial charge on any atom is -0.493 e. The molecule has 2 heterocycles. The summed E-state index contributed by atoms with van der Waals surface area (Å²) in [5.41, 5.74) is 2.39. The van der Waals surface area contributed by atoms with E-state index < -0.39 is 0 Å². The Kier molecular flexibility index (Phi) is 6.28. The number of terminal acetylenes is 1. The molecular formula is C23H23N3O4. The molecule has 0 amide bonds. The maximum atomic E-state index is 5.97. The fraction of sp³-hybridized carbons (Fsp3) is 0.304. The Balaban J connectivity index is 1.51. The molecule has 30 heavy (non-hydrogen) atoms. The minimum atomic E-state index is 0.221. The lowest BCUT2D eigenvalue weighted by atomic mass is 10.2. The summed E-state index contributed by atoms with van der Waals surface area (Å²) in [6.45, 7) is 2.50. The lowest BCUT2D eigenvalue weighted by Crippen LogP contribution is -2.36. The molecule has 3 aromatic rings. The molecule has 0 atom stereocenters. The molecule has 1 aliphatic rings. The molecule has 7 heteroatoms. The van der Waals surface area contributed by atoms with E-state index in [4.69, 9.17) is 25.4 Å². The number of aromatic nitrogens is 2. The summed E-state index contributed by atoms with van der Waals surface area (Å²) in [5.74, 6) is 4.55. The van der Waals surface area contributed by atoms with E-state index in [1.165, 1.54) is 6.33 Å². The van der Waals surface area contributed by atoms with Gasteiger partial charge in [-0.25, -0.2) is 9.97 Å². The highest BCUT2D eigenvalue weighted by molar-refractivity contribution is 5.93. The largest absolute Gasteiger partial charge is 0.493 e. The fourth-order valence-corrected chi connectivity index (χ4v) is 3.06. The Bertz CT molecular complexity index is 1060. The average Bonchev–Trinajstić information content (AvgIpc) is 2.74. The van der Waals surface area contributed by atoms with Gasteiger partial charge in [-0.1, -0.05) is 12.0 Å². The van der Waals surface area contributed by atoms with Crippen molar-refractivity contribution in [2.45, 2.75) is 12.5 Å². The number of anilines is 2. The van der Waals surface area contributed by atoms with Crippen molar-refractivity contribution in [1.29, 1.82) is 0 Å². The van der Waals surface area contributed by atoms with Crippen LogP contribution < -0.4 is 14.8 Å². The first-order valence-corrected chi connectivity index (χ1v) is 9.75. The zero-order valence-corrected chi connectivity index (χ0v) is 16.8. The molecule has 0 radical (unpaired) electrons. The molecule has 1 fully saturated rings. The lowest BCUT2D eigenvalue weighted by Gasteiger charge is -2.25. The van der Waals surface area contributed by atoms with Gasteiger partial charge in [-0.2, -0.15) is 0 Å². The number of fused-ring (bicyclic) bond motifs is 1. The van der Waals surface area contributed by atoms with Gasteiger partial charge in [-0.05, 0) is 24.3 Å². The van der Waals surface area contributed by atoms with Gasteiger partial charge in [-0.3, -0.25) is 0 Å². The zero-order chi connectivity index (χ0) is 20.8. The molecule has 1 aliphatic heterocycles. The van der Waals surface area contributed by atoms with Crippen molar-refractivity contribution in [1.82, 2.24) is 9.97 Å². The van der Waals surface area contributed by atoms with E-state index in [1.807, 2.05) is 36.4 Å². The molecular weight excluding hydrogens is 382 g/mol. The Morgan fingerprint density at radius 1 is 1.17 bits per heavy atom. The number of ether oxygens (including phenoxy) is 4. The van der Waals surface area contributed by atoms with Crippen molar-refractivity contribution in [2.75, 3.05) is 38.9 Å². The number of rotatable bonds is 9. The van der Waals surface area contributed by atoms with Gasteiger partial charge in [0.1, 0.15) is 18.2 Å². The number of nitrogens with zero attached hydrogens (tertiary/aromatic N) is 2. The van der Waals surface area contributed by atoms with Crippen LogP contribution in [-0.2, 0) is 9.47 Å². The maximum absolute atomic E-state index is 5.97. The smallest absolute Gasteiger partial charge is 0.162 e. The average molecular weight is 405 g/mol. The highest BCUT2D eigenvalue weighted by Crippen LogP contribution is 2.34. The van der Waals surface area contributed by atoms with Crippen LogP contribution in [0.1, 0.15) is 12.0 Å². The van der Waals surface area contributed by atoms with Crippen molar-refractivity contribution >= 4 is 22.4 Å². The first-order valence-electron chi connectivity index (χ1n) is 9.75. The van der Waals surface area contributed by atoms with Crippen molar-refractivity contribution in [3.63, 3.8) is 0 Å². The van der Waals surface area contributed by atoms with Crippen LogP contribution in [0.3, 0.4) is 0 Å². The van der Waals surface area contributed by atoms with Crippen LogP contribution in [0.2, 0.25) is 0 Å². The van der Waals surface area contributed by atoms with Crippen LogP contribution in [0, 0.1) is 12.3 Å². The monoisotopic (exact) mass is 405 g/mol. The molecule has 4 rings (SSSR count). The van der Waals surface area contributed by atoms with Gasteiger partial charge in [0.15, 0.2) is 11.5 Å². The third-order valence-electron chi connectivity index (χ3n) is 4.72. The SMILES string of the molecule is C#Cc1cccc(Nc2ncnc3cc(OC)c(OCCCOC4COC4)cc23)c1. The summed E-state index contributed by atoms with van der Waals surface area (Å²) in [5, 5.41) is 4.13. The molecule has 154 valence electrons. The maximum Gasteiger partial charge on any atom is 0.162 e. The molecule has 1 saturated heterocycles. The van der Waals surface area contributed by atoms with Crippen LogP contribution in [0.15, 0.2) is 42.7 Å². The van der Waals surface area contributed by atoms with Crippen molar-refractivity contribution < 1.29 is 18.9 Å². The first kappa shape index (κ1) is 20.0. The number of hydrogen-bond donors (Lipinski definition) is 1. The second-order valence-corrected chi connectivity index (χ2v) is 6.82. The Morgan fingerprint density at radius 3 is 2.83 bits per heavy atom. The predicted molar refractivity (Wildman–Crippen MR) is 114 cm³/mol. The highest BCUT2D eigenvalue weighted by Gasteiger charge is 2.18. The Hall–Kier alpha value is -3.34. The van der Waals surface area contributed by atoms with Crippen LogP contribution >= 0.6 is 0 Å². The van der Waals surface area contributed by atoms with Gasteiger partial charge in [0.2, 0.25) is 0 Å². The fourth-order valence-electron chi connectivity index (χ4n) is 3.06. The van der Waals surface area contributed by atoms with E-state index in [0.29, 0.717) is 43.7 Å².